The third kappa shape index (κ3) is 2.11. The zero-order chi connectivity index (χ0) is 17.0. The second-order valence-corrected chi connectivity index (χ2v) is 6.91. The van der Waals surface area contributed by atoms with Crippen LogP contribution in [-0.2, 0) is 11.8 Å². The van der Waals surface area contributed by atoms with E-state index in [-0.39, 0.29) is 11.4 Å². The highest BCUT2D eigenvalue weighted by Gasteiger charge is 2.44. The van der Waals surface area contributed by atoms with E-state index in [1.165, 1.54) is 5.56 Å². The van der Waals surface area contributed by atoms with Crippen LogP contribution in [0.5, 0.6) is 0 Å². The lowest BCUT2D eigenvalue weighted by Gasteiger charge is -2.41. The molecule has 0 radical (unpaired) electrons. The first kappa shape index (κ1) is 14.4. The van der Waals surface area contributed by atoms with Gasteiger partial charge in [0.05, 0.1) is 12.0 Å². The summed E-state index contributed by atoms with van der Waals surface area (Å²) in [4.78, 5) is 27.1. The van der Waals surface area contributed by atoms with Crippen molar-refractivity contribution in [1.29, 1.82) is 0 Å². The number of piperidine rings is 1. The maximum Gasteiger partial charge on any atom is 0.224 e. The average molecular weight is 337 g/mol. The van der Waals surface area contributed by atoms with Gasteiger partial charge in [0.1, 0.15) is 5.52 Å². The second kappa shape index (κ2) is 5.01. The van der Waals surface area contributed by atoms with E-state index in [1.807, 2.05) is 6.20 Å². The monoisotopic (exact) mass is 337 g/mol. The number of H-pyrrole nitrogens is 1. The molecule has 4 heterocycles. The van der Waals surface area contributed by atoms with E-state index in [2.05, 4.69) is 34.8 Å². The van der Waals surface area contributed by atoms with Gasteiger partial charge in [0.25, 0.3) is 0 Å². The molecule has 1 unspecified atom stereocenters. The van der Waals surface area contributed by atoms with Crippen LogP contribution in [0.25, 0.3) is 11.2 Å². The molecule has 128 valence electrons. The van der Waals surface area contributed by atoms with E-state index in [4.69, 9.17) is 11.5 Å². The van der Waals surface area contributed by atoms with Gasteiger partial charge in [0.2, 0.25) is 11.9 Å². The van der Waals surface area contributed by atoms with E-state index in [9.17, 15) is 0 Å². The summed E-state index contributed by atoms with van der Waals surface area (Å²) in [5, 5.41) is 0. The van der Waals surface area contributed by atoms with E-state index in [0.29, 0.717) is 11.6 Å². The van der Waals surface area contributed by atoms with Crippen molar-refractivity contribution in [1.82, 2.24) is 29.9 Å². The Morgan fingerprint density at radius 2 is 2.00 bits per heavy atom. The van der Waals surface area contributed by atoms with Crippen molar-refractivity contribution in [3.05, 3.63) is 23.8 Å². The molecule has 1 fully saturated rings. The molecule has 3 aromatic rings. The van der Waals surface area contributed by atoms with Crippen LogP contribution in [0, 0.1) is 0 Å². The van der Waals surface area contributed by atoms with Gasteiger partial charge in [0.15, 0.2) is 11.5 Å². The molecule has 5 rings (SSSR count). The van der Waals surface area contributed by atoms with Crippen LogP contribution < -0.4 is 16.4 Å². The molecule has 0 aromatic carbocycles. The van der Waals surface area contributed by atoms with Crippen molar-refractivity contribution in [2.75, 3.05) is 29.5 Å². The van der Waals surface area contributed by atoms with Crippen molar-refractivity contribution < 1.29 is 0 Å². The summed E-state index contributed by atoms with van der Waals surface area (Å²) in [7, 11) is 0. The SMILES string of the molecule is Nc1ncc2c(n1)C1(CCCN(c3nc(N)nc4nc[nH]c34)C1)CC2. The van der Waals surface area contributed by atoms with Crippen molar-refractivity contribution >= 4 is 28.9 Å². The zero-order valence-electron chi connectivity index (χ0n) is 13.7. The number of nitrogens with two attached hydrogens (primary N) is 2. The largest absolute Gasteiger partial charge is 0.368 e. The van der Waals surface area contributed by atoms with Gasteiger partial charge in [0, 0.05) is 24.7 Å². The molecule has 1 aliphatic carbocycles. The predicted octanol–water partition coefficient (Wildman–Crippen LogP) is 0.792. The summed E-state index contributed by atoms with van der Waals surface area (Å²) in [6.07, 6.45) is 7.71. The Hall–Kier alpha value is -2.97. The molecule has 9 nitrogen and oxygen atoms in total. The summed E-state index contributed by atoms with van der Waals surface area (Å²) >= 11 is 0. The van der Waals surface area contributed by atoms with Crippen LogP contribution in [0.15, 0.2) is 12.5 Å². The molecule has 25 heavy (non-hydrogen) atoms. The van der Waals surface area contributed by atoms with Gasteiger partial charge < -0.3 is 21.4 Å². The topological polar surface area (TPSA) is 136 Å². The summed E-state index contributed by atoms with van der Waals surface area (Å²) in [5.74, 6) is 1.40. The standard InChI is InChI=1S/C16H19N9/c17-14-19-6-9-2-4-16(11(9)22-14)3-1-5-25(7-16)13-10-12(21-8-20-10)23-15(18)24-13/h6,8H,1-5,7H2,(H2,17,19,22)(H3,18,20,21,23,24). The fraction of sp³-hybridized carbons (Fsp3) is 0.438. The van der Waals surface area contributed by atoms with Crippen molar-refractivity contribution in [3.63, 3.8) is 0 Å². The van der Waals surface area contributed by atoms with Crippen LogP contribution in [-0.4, -0.2) is 43.0 Å². The van der Waals surface area contributed by atoms with E-state index in [0.717, 1.165) is 55.8 Å². The van der Waals surface area contributed by atoms with Gasteiger partial charge in [-0.15, -0.1) is 0 Å². The number of hydrogen-bond donors (Lipinski definition) is 3. The number of imidazole rings is 1. The lowest BCUT2D eigenvalue weighted by atomic mass is 9.77. The van der Waals surface area contributed by atoms with Gasteiger partial charge >= 0.3 is 0 Å². The number of nitrogens with one attached hydrogen (secondary N) is 1. The summed E-state index contributed by atoms with van der Waals surface area (Å²) in [6.45, 7) is 1.75. The Morgan fingerprint density at radius 1 is 1.08 bits per heavy atom. The molecule has 0 amide bonds. The lowest BCUT2D eigenvalue weighted by molar-refractivity contribution is 0.334. The highest BCUT2D eigenvalue weighted by Crippen LogP contribution is 2.45. The first-order chi connectivity index (χ1) is 12.1. The Morgan fingerprint density at radius 3 is 2.92 bits per heavy atom. The number of anilines is 3. The fourth-order valence-corrected chi connectivity index (χ4v) is 4.33. The number of aryl methyl sites for hydroxylation is 1. The van der Waals surface area contributed by atoms with Gasteiger partial charge in [-0.05, 0) is 31.2 Å². The molecular formula is C16H19N9. The first-order valence-electron chi connectivity index (χ1n) is 8.48. The third-order valence-electron chi connectivity index (χ3n) is 5.42. The summed E-state index contributed by atoms with van der Waals surface area (Å²) < 4.78 is 0. The highest BCUT2D eigenvalue weighted by atomic mass is 15.2. The maximum atomic E-state index is 5.89. The number of nitrogens with zero attached hydrogens (tertiary/aromatic N) is 6. The van der Waals surface area contributed by atoms with Crippen LogP contribution in [0.1, 0.15) is 30.5 Å². The first-order valence-corrected chi connectivity index (χ1v) is 8.48. The number of aromatic nitrogens is 6. The minimum atomic E-state index is -0.00327. The second-order valence-electron chi connectivity index (χ2n) is 6.91. The Bertz CT molecular complexity index is 961. The normalized spacial score (nSPS) is 22.6. The number of nitrogen functional groups attached to an aromatic ring is 2. The van der Waals surface area contributed by atoms with Crippen molar-refractivity contribution in [2.24, 2.45) is 0 Å². The molecule has 5 N–H and O–H groups in total. The molecule has 0 saturated carbocycles. The van der Waals surface area contributed by atoms with E-state index < -0.39 is 0 Å². The van der Waals surface area contributed by atoms with Crippen LogP contribution in [0.3, 0.4) is 0 Å². The van der Waals surface area contributed by atoms with Crippen molar-refractivity contribution in [3.8, 4) is 0 Å². The van der Waals surface area contributed by atoms with E-state index in [1.54, 1.807) is 6.33 Å². The van der Waals surface area contributed by atoms with Gasteiger partial charge in [-0.2, -0.15) is 9.97 Å². The van der Waals surface area contributed by atoms with Crippen LogP contribution >= 0.6 is 0 Å². The quantitative estimate of drug-likeness (QED) is 0.593. The molecule has 1 atom stereocenters. The Labute approximate surface area is 143 Å². The number of rotatable bonds is 1. The summed E-state index contributed by atoms with van der Waals surface area (Å²) in [6, 6.07) is 0. The average Bonchev–Trinajstić information content (AvgIpc) is 3.20. The van der Waals surface area contributed by atoms with Crippen LogP contribution in [0.4, 0.5) is 17.7 Å². The van der Waals surface area contributed by atoms with Gasteiger partial charge in [-0.1, -0.05) is 0 Å². The highest BCUT2D eigenvalue weighted by molar-refractivity contribution is 5.84. The summed E-state index contributed by atoms with van der Waals surface area (Å²) in [5.41, 5.74) is 15.5. The minimum Gasteiger partial charge on any atom is -0.368 e. The Balaban J connectivity index is 1.58. The molecule has 1 aliphatic heterocycles. The molecule has 1 saturated heterocycles. The lowest BCUT2D eigenvalue weighted by Crippen LogP contribution is -2.46. The molecular weight excluding hydrogens is 318 g/mol. The molecule has 3 aromatic heterocycles. The van der Waals surface area contributed by atoms with Crippen molar-refractivity contribution in [2.45, 2.75) is 31.1 Å². The molecule has 2 aliphatic rings. The van der Waals surface area contributed by atoms with E-state index >= 15 is 0 Å². The molecule has 1 spiro atoms. The number of aromatic amines is 1. The Kier molecular flexibility index (Phi) is 2.88. The fourth-order valence-electron chi connectivity index (χ4n) is 4.33. The number of hydrogen-bond acceptors (Lipinski definition) is 8. The van der Waals surface area contributed by atoms with Crippen LogP contribution in [0.2, 0.25) is 0 Å². The third-order valence-corrected chi connectivity index (χ3v) is 5.42. The van der Waals surface area contributed by atoms with Gasteiger partial charge in [-0.3, -0.25) is 0 Å². The number of fused-ring (bicyclic) bond motifs is 3. The molecule has 0 bridgehead atoms. The smallest absolute Gasteiger partial charge is 0.224 e. The van der Waals surface area contributed by atoms with Gasteiger partial charge in [-0.25, -0.2) is 15.0 Å². The zero-order valence-corrected chi connectivity index (χ0v) is 13.7. The minimum absolute atomic E-state index is 0.00327. The predicted molar refractivity (Wildman–Crippen MR) is 94.0 cm³/mol. The maximum absolute atomic E-state index is 5.89. The molecule has 9 heteroatoms.